The molecule has 0 saturated heterocycles. The van der Waals surface area contributed by atoms with Crippen LogP contribution in [0.4, 0.5) is 0 Å². The topological polar surface area (TPSA) is 9.23 Å². The molecular weight excluding hydrogens is 112 g/mol. The van der Waals surface area contributed by atoms with Gasteiger partial charge in [0.25, 0.3) is 0 Å². The fourth-order valence-corrected chi connectivity index (χ4v) is 0.768. The van der Waals surface area contributed by atoms with Crippen LogP contribution >= 0.6 is 0 Å². The zero-order valence-corrected chi connectivity index (χ0v) is 5.98. The minimum Gasteiger partial charge on any atom is -0.372 e. The lowest BCUT2D eigenvalue weighted by Crippen LogP contribution is -1.81. The predicted octanol–water partition coefficient (Wildman–Crippen LogP) is 1.29. The molecule has 1 nitrogen and oxygen atoms in total. The van der Waals surface area contributed by atoms with Crippen LogP contribution in [0.1, 0.15) is 13.3 Å². The molecule has 0 heterocycles. The minimum atomic E-state index is 0.587. The number of hydrogen-bond donors (Lipinski definition) is 0. The third kappa shape index (κ3) is 2.07. The van der Waals surface area contributed by atoms with Crippen LogP contribution in [0.25, 0.3) is 0 Å². The van der Waals surface area contributed by atoms with E-state index in [0.29, 0.717) is 12.5 Å². The van der Waals surface area contributed by atoms with E-state index in [9.17, 15) is 0 Å². The van der Waals surface area contributed by atoms with Crippen molar-refractivity contribution in [3.8, 4) is 11.8 Å². The van der Waals surface area contributed by atoms with Crippen molar-refractivity contribution in [1.29, 1.82) is 0 Å². The molecule has 0 N–H and O–H groups in total. The molecule has 2 atom stereocenters. The van der Waals surface area contributed by atoms with Crippen LogP contribution in [-0.4, -0.2) is 13.7 Å². The third-order valence-electron chi connectivity index (χ3n) is 1.61. The number of methoxy groups -OCH3 is 1. The maximum absolute atomic E-state index is 4.78. The molecule has 1 aliphatic rings. The van der Waals surface area contributed by atoms with Gasteiger partial charge < -0.3 is 4.74 Å². The van der Waals surface area contributed by atoms with Crippen molar-refractivity contribution in [1.82, 2.24) is 0 Å². The molecule has 1 aliphatic carbocycles. The molecule has 1 saturated carbocycles. The smallest absolute Gasteiger partial charge is 0.107 e. The Morgan fingerprint density at radius 3 is 2.78 bits per heavy atom. The molecule has 0 aromatic heterocycles. The summed E-state index contributed by atoms with van der Waals surface area (Å²) >= 11 is 0. The standard InChI is InChI=1S/C8H12O/c1-7-6-8(7)4-3-5-9-2/h7-8H,5-6H2,1-2H3. The molecule has 0 amide bonds. The molecule has 0 aliphatic heterocycles. The molecule has 0 bridgehead atoms. The van der Waals surface area contributed by atoms with Crippen molar-refractivity contribution >= 4 is 0 Å². The Morgan fingerprint density at radius 1 is 1.67 bits per heavy atom. The highest BCUT2D eigenvalue weighted by Crippen LogP contribution is 2.36. The first-order chi connectivity index (χ1) is 4.34. The summed E-state index contributed by atoms with van der Waals surface area (Å²) in [6, 6.07) is 0. The van der Waals surface area contributed by atoms with Gasteiger partial charge in [-0.25, -0.2) is 0 Å². The molecule has 1 fully saturated rings. The molecule has 50 valence electrons. The highest BCUT2D eigenvalue weighted by molar-refractivity contribution is 5.11. The summed E-state index contributed by atoms with van der Waals surface area (Å²) < 4.78 is 4.78. The molecule has 1 rings (SSSR count). The van der Waals surface area contributed by atoms with E-state index in [1.165, 1.54) is 6.42 Å². The number of rotatable bonds is 1. The van der Waals surface area contributed by atoms with Gasteiger partial charge in [-0.15, -0.1) is 0 Å². The lowest BCUT2D eigenvalue weighted by molar-refractivity contribution is 0.239. The van der Waals surface area contributed by atoms with Gasteiger partial charge in [0.05, 0.1) is 0 Å². The van der Waals surface area contributed by atoms with Crippen molar-refractivity contribution in [3.63, 3.8) is 0 Å². The third-order valence-corrected chi connectivity index (χ3v) is 1.61. The van der Waals surface area contributed by atoms with Gasteiger partial charge in [-0.3, -0.25) is 0 Å². The lowest BCUT2D eigenvalue weighted by Gasteiger charge is -1.81. The summed E-state index contributed by atoms with van der Waals surface area (Å²) in [6.07, 6.45) is 1.29. The monoisotopic (exact) mass is 124 g/mol. The van der Waals surface area contributed by atoms with Crippen LogP contribution in [-0.2, 0) is 4.74 Å². The summed E-state index contributed by atoms with van der Waals surface area (Å²) in [7, 11) is 1.67. The van der Waals surface area contributed by atoms with Gasteiger partial charge in [0, 0.05) is 13.0 Å². The van der Waals surface area contributed by atoms with Crippen molar-refractivity contribution in [3.05, 3.63) is 0 Å². The van der Waals surface area contributed by atoms with Gasteiger partial charge in [0.2, 0.25) is 0 Å². The van der Waals surface area contributed by atoms with Crippen LogP contribution in [0.3, 0.4) is 0 Å². The summed E-state index contributed by atoms with van der Waals surface area (Å²) in [5, 5.41) is 0. The van der Waals surface area contributed by atoms with Crippen molar-refractivity contribution in [2.45, 2.75) is 13.3 Å². The molecule has 0 radical (unpaired) electrons. The quantitative estimate of drug-likeness (QED) is 0.479. The van der Waals surface area contributed by atoms with Crippen LogP contribution < -0.4 is 0 Å². The second-order valence-corrected chi connectivity index (χ2v) is 2.57. The Morgan fingerprint density at radius 2 is 2.33 bits per heavy atom. The maximum Gasteiger partial charge on any atom is 0.107 e. The van der Waals surface area contributed by atoms with Crippen molar-refractivity contribution in [2.75, 3.05) is 13.7 Å². The fraction of sp³-hybridized carbons (Fsp3) is 0.750. The lowest BCUT2D eigenvalue weighted by atomic mass is 10.3. The molecule has 9 heavy (non-hydrogen) atoms. The molecule has 2 unspecified atom stereocenters. The Kier molecular flexibility index (Phi) is 2.13. The van der Waals surface area contributed by atoms with Gasteiger partial charge in [0.1, 0.15) is 6.61 Å². The highest BCUT2D eigenvalue weighted by Gasteiger charge is 2.30. The summed E-state index contributed by atoms with van der Waals surface area (Å²) in [5.41, 5.74) is 0. The SMILES string of the molecule is COCC#CC1CC1C. The van der Waals surface area contributed by atoms with Crippen LogP contribution in [0.5, 0.6) is 0 Å². The van der Waals surface area contributed by atoms with Crippen LogP contribution in [0.2, 0.25) is 0 Å². The Hall–Kier alpha value is -0.480. The maximum atomic E-state index is 4.78. The van der Waals surface area contributed by atoms with E-state index < -0.39 is 0 Å². The van der Waals surface area contributed by atoms with Crippen molar-refractivity contribution in [2.24, 2.45) is 11.8 Å². The second-order valence-electron chi connectivity index (χ2n) is 2.57. The minimum absolute atomic E-state index is 0.587. The van der Waals surface area contributed by atoms with E-state index in [1.807, 2.05) is 0 Å². The van der Waals surface area contributed by atoms with E-state index in [2.05, 4.69) is 18.8 Å². The Balaban J connectivity index is 2.11. The average molecular weight is 124 g/mol. The summed E-state index contributed by atoms with van der Waals surface area (Å²) in [6.45, 7) is 2.81. The zero-order valence-electron chi connectivity index (χ0n) is 5.98. The molecule has 0 spiro atoms. The molecular formula is C8H12O. The highest BCUT2D eigenvalue weighted by atomic mass is 16.5. The van der Waals surface area contributed by atoms with E-state index in [1.54, 1.807) is 7.11 Å². The first-order valence-electron chi connectivity index (χ1n) is 3.32. The van der Waals surface area contributed by atoms with Gasteiger partial charge in [0.15, 0.2) is 0 Å². The Bertz CT molecular complexity index is 140. The van der Waals surface area contributed by atoms with E-state index in [-0.39, 0.29) is 0 Å². The second kappa shape index (κ2) is 2.89. The predicted molar refractivity (Wildman–Crippen MR) is 36.9 cm³/mol. The molecule has 0 aromatic carbocycles. The molecule has 1 heteroatoms. The number of hydrogen-bond acceptors (Lipinski definition) is 1. The molecule has 0 aromatic rings. The fourth-order valence-electron chi connectivity index (χ4n) is 0.768. The first kappa shape index (κ1) is 6.64. The Labute approximate surface area is 56.4 Å². The average Bonchev–Trinajstić information content (AvgIpc) is 2.48. The first-order valence-corrected chi connectivity index (χ1v) is 3.32. The van der Waals surface area contributed by atoms with Crippen molar-refractivity contribution < 1.29 is 4.74 Å². The van der Waals surface area contributed by atoms with Gasteiger partial charge >= 0.3 is 0 Å². The van der Waals surface area contributed by atoms with Crippen LogP contribution in [0, 0.1) is 23.7 Å². The summed E-state index contributed by atoms with van der Waals surface area (Å²) in [4.78, 5) is 0. The summed E-state index contributed by atoms with van der Waals surface area (Å²) in [5.74, 6) is 7.61. The van der Waals surface area contributed by atoms with E-state index in [0.717, 1.165) is 5.92 Å². The van der Waals surface area contributed by atoms with Gasteiger partial charge in [-0.2, -0.15) is 0 Å². The largest absolute Gasteiger partial charge is 0.372 e. The van der Waals surface area contributed by atoms with Gasteiger partial charge in [-0.1, -0.05) is 18.8 Å². The zero-order chi connectivity index (χ0) is 6.69. The normalized spacial score (nSPS) is 30.9. The van der Waals surface area contributed by atoms with E-state index >= 15 is 0 Å². The van der Waals surface area contributed by atoms with Crippen LogP contribution in [0.15, 0.2) is 0 Å². The van der Waals surface area contributed by atoms with Gasteiger partial charge in [-0.05, 0) is 12.3 Å². The number of ether oxygens (including phenoxy) is 1. The van der Waals surface area contributed by atoms with E-state index in [4.69, 9.17) is 4.74 Å².